The third-order valence-corrected chi connectivity index (χ3v) is 2.42. The molecule has 0 aliphatic carbocycles. The van der Waals surface area contributed by atoms with Gasteiger partial charge < -0.3 is 4.57 Å². The second kappa shape index (κ2) is 4.25. The fourth-order valence-electron chi connectivity index (χ4n) is 1.56. The molecule has 0 radical (unpaired) electrons. The average molecular weight is 233 g/mol. The van der Waals surface area contributed by atoms with Crippen molar-refractivity contribution in [3.8, 4) is 0 Å². The van der Waals surface area contributed by atoms with Gasteiger partial charge in [-0.15, -0.1) is 0 Å². The van der Waals surface area contributed by atoms with E-state index in [-0.39, 0.29) is 12.3 Å². The molecule has 0 amide bonds. The minimum atomic E-state index is -0.413. The largest absolute Gasteiger partial charge is 0.348 e. The van der Waals surface area contributed by atoms with Crippen molar-refractivity contribution in [1.82, 2.24) is 14.3 Å². The van der Waals surface area contributed by atoms with E-state index in [1.165, 1.54) is 0 Å². The summed E-state index contributed by atoms with van der Waals surface area (Å²) in [7, 11) is 1.74. The van der Waals surface area contributed by atoms with Crippen molar-refractivity contribution in [3.05, 3.63) is 56.9 Å². The van der Waals surface area contributed by atoms with Crippen LogP contribution in [0, 0.1) is 0 Å². The number of nitrogens with zero attached hydrogens (tertiary/aromatic N) is 2. The zero-order valence-corrected chi connectivity index (χ0v) is 9.21. The number of carbonyl (C=O) groups excluding carboxylic acids is 1. The van der Waals surface area contributed by atoms with Gasteiger partial charge in [-0.05, 0) is 12.1 Å². The van der Waals surface area contributed by atoms with Crippen molar-refractivity contribution < 1.29 is 4.79 Å². The summed E-state index contributed by atoms with van der Waals surface area (Å²) in [5.41, 5.74) is -0.335. The Labute approximate surface area is 96.1 Å². The van der Waals surface area contributed by atoms with Crippen LogP contribution in [-0.4, -0.2) is 20.1 Å². The summed E-state index contributed by atoms with van der Waals surface area (Å²) in [6.07, 6.45) is 1.74. The van der Waals surface area contributed by atoms with Gasteiger partial charge in [0.1, 0.15) is 6.54 Å². The molecule has 2 rings (SSSR count). The molecular weight excluding hydrogens is 222 g/mol. The smallest absolute Gasteiger partial charge is 0.265 e. The fourth-order valence-corrected chi connectivity index (χ4v) is 1.56. The second-order valence-corrected chi connectivity index (χ2v) is 3.66. The van der Waals surface area contributed by atoms with Gasteiger partial charge in [0, 0.05) is 25.4 Å². The number of aromatic amines is 1. The van der Waals surface area contributed by atoms with Gasteiger partial charge >= 0.3 is 0 Å². The molecule has 0 unspecified atom stereocenters. The quantitative estimate of drug-likeness (QED) is 0.743. The summed E-state index contributed by atoms with van der Waals surface area (Å²) in [5, 5.41) is 2.31. The summed E-state index contributed by atoms with van der Waals surface area (Å²) in [6.45, 7) is -0.174. The number of nitrogens with one attached hydrogen (secondary N) is 1. The predicted octanol–water partition coefficient (Wildman–Crippen LogP) is -0.242. The van der Waals surface area contributed by atoms with Crippen LogP contribution in [0.3, 0.4) is 0 Å². The lowest BCUT2D eigenvalue weighted by Crippen LogP contribution is -2.31. The third kappa shape index (κ3) is 2.25. The molecule has 0 spiro atoms. The zero-order valence-electron chi connectivity index (χ0n) is 9.21. The molecule has 0 fully saturated rings. The number of hydrogen-bond acceptors (Lipinski definition) is 3. The molecule has 0 aliphatic heterocycles. The highest BCUT2D eigenvalue weighted by molar-refractivity contribution is 5.94. The van der Waals surface area contributed by atoms with Crippen LogP contribution >= 0.6 is 0 Å². The molecule has 0 bridgehead atoms. The fraction of sp³-hybridized carbons (Fsp3) is 0.182. The highest BCUT2D eigenvalue weighted by Gasteiger charge is 2.10. The molecule has 0 saturated heterocycles. The van der Waals surface area contributed by atoms with Crippen molar-refractivity contribution in [2.24, 2.45) is 7.05 Å². The van der Waals surface area contributed by atoms with E-state index in [1.54, 1.807) is 29.9 Å². The van der Waals surface area contributed by atoms with Crippen molar-refractivity contribution in [3.63, 3.8) is 0 Å². The van der Waals surface area contributed by atoms with Crippen LogP contribution in [0.5, 0.6) is 0 Å². The first kappa shape index (κ1) is 11.1. The van der Waals surface area contributed by atoms with E-state index >= 15 is 0 Å². The topological polar surface area (TPSA) is 76.9 Å². The van der Waals surface area contributed by atoms with Crippen LogP contribution in [0.1, 0.15) is 10.5 Å². The number of carbonyl (C=O) groups is 1. The second-order valence-electron chi connectivity index (χ2n) is 3.66. The van der Waals surface area contributed by atoms with Gasteiger partial charge in [0.2, 0.25) is 5.78 Å². The Morgan fingerprint density at radius 3 is 2.71 bits per heavy atom. The molecular formula is C11H11N3O3. The molecule has 88 valence electrons. The van der Waals surface area contributed by atoms with E-state index in [9.17, 15) is 14.4 Å². The Balaban J connectivity index is 2.31. The summed E-state index contributed by atoms with van der Waals surface area (Å²) in [5.74, 6) is -0.235. The molecule has 1 N–H and O–H groups in total. The molecule has 6 heteroatoms. The molecule has 0 aliphatic rings. The average Bonchev–Trinajstić information content (AvgIpc) is 2.70. The van der Waals surface area contributed by atoms with E-state index in [2.05, 4.69) is 5.10 Å². The molecule has 6 nitrogen and oxygen atoms in total. The standard InChI is InChI=1S/C11H11N3O3/c1-13-6-2-3-8(13)9(15)7-14-11(17)5-4-10(16)12-14/h2-6H,7H2,1H3,(H,12,16). The number of aromatic nitrogens is 3. The van der Waals surface area contributed by atoms with Gasteiger partial charge in [-0.3, -0.25) is 19.5 Å². The first-order chi connectivity index (χ1) is 8.08. The molecule has 0 aromatic carbocycles. The first-order valence-corrected chi connectivity index (χ1v) is 5.02. The first-order valence-electron chi connectivity index (χ1n) is 5.02. The van der Waals surface area contributed by atoms with Crippen LogP contribution in [-0.2, 0) is 13.6 Å². The maximum atomic E-state index is 11.9. The van der Waals surface area contributed by atoms with Crippen molar-refractivity contribution in [1.29, 1.82) is 0 Å². The van der Waals surface area contributed by atoms with Crippen molar-refractivity contribution in [2.45, 2.75) is 6.54 Å². The van der Waals surface area contributed by atoms with Gasteiger partial charge in [-0.1, -0.05) is 0 Å². The summed E-state index contributed by atoms with van der Waals surface area (Å²) >= 11 is 0. The van der Waals surface area contributed by atoms with E-state index in [1.807, 2.05) is 0 Å². The molecule has 2 aromatic rings. The molecule has 2 aromatic heterocycles. The summed E-state index contributed by atoms with van der Waals surface area (Å²) in [6, 6.07) is 5.67. The lowest BCUT2D eigenvalue weighted by Gasteiger charge is -2.04. The van der Waals surface area contributed by atoms with Gasteiger partial charge in [0.15, 0.2) is 0 Å². The normalized spacial score (nSPS) is 10.4. The Kier molecular flexibility index (Phi) is 2.78. The number of rotatable bonds is 3. The highest BCUT2D eigenvalue weighted by Crippen LogP contribution is 2.01. The summed E-state index contributed by atoms with van der Waals surface area (Å²) in [4.78, 5) is 34.3. The number of ketones is 1. The van der Waals surface area contributed by atoms with Gasteiger partial charge in [-0.25, -0.2) is 4.68 Å². The van der Waals surface area contributed by atoms with Crippen LogP contribution in [0.25, 0.3) is 0 Å². The maximum Gasteiger partial charge on any atom is 0.265 e. The van der Waals surface area contributed by atoms with E-state index in [0.717, 1.165) is 16.8 Å². The van der Waals surface area contributed by atoms with Gasteiger partial charge in [0.05, 0.1) is 5.69 Å². The van der Waals surface area contributed by atoms with E-state index in [4.69, 9.17) is 0 Å². The number of aryl methyl sites for hydroxylation is 1. The highest BCUT2D eigenvalue weighted by atomic mass is 16.2. The minimum absolute atomic E-state index is 0.174. The Morgan fingerprint density at radius 2 is 2.06 bits per heavy atom. The van der Waals surface area contributed by atoms with Crippen LogP contribution in [0.15, 0.2) is 40.1 Å². The minimum Gasteiger partial charge on any atom is -0.348 e. The lowest BCUT2D eigenvalue weighted by atomic mass is 10.3. The van der Waals surface area contributed by atoms with Crippen LogP contribution in [0.4, 0.5) is 0 Å². The Morgan fingerprint density at radius 1 is 1.29 bits per heavy atom. The van der Waals surface area contributed by atoms with Crippen molar-refractivity contribution in [2.75, 3.05) is 0 Å². The molecule has 0 atom stereocenters. The number of hydrogen-bond donors (Lipinski definition) is 1. The molecule has 17 heavy (non-hydrogen) atoms. The lowest BCUT2D eigenvalue weighted by molar-refractivity contribution is 0.0957. The summed E-state index contributed by atoms with van der Waals surface area (Å²) < 4.78 is 2.66. The molecule has 2 heterocycles. The third-order valence-electron chi connectivity index (χ3n) is 2.42. The SMILES string of the molecule is Cn1cccc1C(=O)Cn1[nH]c(=O)ccc1=O. The van der Waals surface area contributed by atoms with Crippen LogP contribution < -0.4 is 11.1 Å². The van der Waals surface area contributed by atoms with Crippen LogP contribution in [0.2, 0.25) is 0 Å². The van der Waals surface area contributed by atoms with E-state index < -0.39 is 11.1 Å². The van der Waals surface area contributed by atoms with Gasteiger partial charge in [0.25, 0.3) is 11.1 Å². The maximum absolute atomic E-state index is 11.9. The predicted molar refractivity (Wildman–Crippen MR) is 61.1 cm³/mol. The van der Waals surface area contributed by atoms with Gasteiger partial charge in [-0.2, -0.15) is 0 Å². The Bertz CT molecular complexity index is 663. The zero-order chi connectivity index (χ0) is 12.4. The number of Topliss-reactive ketones (excluding diaryl/α,β-unsaturated/α-hetero) is 1. The van der Waals surface area contributed by atoms with E-state index in [0.29, 0.717) is 5.69 Å². The molecule has 0 saturated carbocycles. The number of H-pyrrole nitrogens is 1. The monoisotopic (exact) mass is 233 g/mol. The Hall–Kier alpha value is -2.37. The van der Waals surface area contributed by atoms with Crippen molar-refractivity contribution >= 4 is 5.78 Å².